The van der Waals surface area contributed by atoms with Gasteiger partial charge in [-0.2, -0.15) is 4.99 Å². The summed E-state index contributed by atoms with van der Waals surface area (Å²) in [6, 6.07) is 15.2. The molecule has 1 unspecified atom stereocenters. The lowest BCUT2D eigenvalue weighted by molar-refractivity contribution is 0.0768. The fourth-order valence-electron chi connectivity index (χ4n) is 4.77. The third-order valence-corrected chi connectivity index (χ3v) is 6.49. The highest BCUT2D eigenvalue weighted by atomic mass is 35.5. The first-order chi connectivity index (χ1) is 14.4. The Balaban J connectivity index is 1.93. The highest BCUT2D eigenvalue weighted by molar-refractivity contribution is 6.30. The number of halogens is 1. The highest BCUT2D eigenvalue weighted by Gasteiger charge is 2.45. The number of aliphatic imine (C=N–C) groups is 2. The summed E-state index contributed by atoms with van der Waals surface area (Å²) in [6.45, 7) is 1.96. The minimum absolute atomic E-state index is 0.204. The maximum atomic E-state index is 11.9. The fourth-order valence-corrected chi connectivity index (χ4v) is 4.94. The first kappa shape index (κ1) is 20.7. The molecule has 1 aliphatic carbocycles. The number of anilines is 1. The molecule has 2 aromatic rings. The van der Waals surface area contributed by atoms with Crippen molar-refractivity contribution < 1.29 is 5.11 Å². The van der Waals surface area contributed by atoms with Crippen molar-refractivity contribution in [3.63, 3.8) is 0 Å². The predicted octanol–water partition coefficient (Wildman–Crippen LogP) is 4.10. The van der Waals surface area contributed by atoms with Crippen LogP contribution in [0, 0.1) is 0 Å². The molecule has 0 amide bonds. The monoisotopic (exact) mass is 425 g/mol. The third kappa shape index (κ3) is 3.44. The molecule has 1 fully saturated rings. The number of rotatable bonds is 4. The molecule has 1 spiro atoms. The first-order valence-electron chi connectivity index (χ1n) is 10.5. The summed E-state index contributed by atoms with van der Waals surface area (Å²) in [5.74, 6) is 0.495. The van der Waals surface area contributed by atoms with Crippen LogP contribution in [-0.2, 0) is 5.60 Å². The lowest BCUT2D eigenvalue weighted by atomic mass is 9.81. The van der Waals surface area contributed by atoms with E-state index < -0.39 is 11.3 Å². The second-order valence-electron chi connectivity index (χ2n) is 8.06. The van der Waals surface area contributed by atoms with Gasteiger partial charge in [-0.05, 0) is 55.9 Å². The number of hydrogen-bond donors (Lipinski definition) is 3. The van der Waals surface area contributed by atoms with E-state index >= 15 is 0 Å². The Morgan fingerprint density at radius 2 is 1.80 bits per heavy atom. The second kappa shape index (κ2) is 7.93. The molecule has 1 heterocycles. The molecule has 2 aromatic carbocycles. The third-order valence-electron chi connectivity index (χ3n) is 6.26. The molecule has 0 bridgehead atoms. The van der Waals surface area contributed by atoms with Crippen LogP contribution in [-0.4, -0.2) is 22.7 Å². The van der Waals surface area contributed by atoms with Gasteiger partial charge in [0.25, 0.3) is 0 Å². The van der Waals surface area contributed by atoms with Crippen molar-refractivity contribution >= 4 is 29.2 Å². The Morgan fingerprint density at radius 1 is 1.10 bits per heavy atom. The number of benzene rings is 2. The van der Waals surface area contributed by atoms with Gasteiger partial charge in [-0.15, -0.1) is 0 Å². The zero-order valence-electron chi connectivity index (χ0n) is 17.2. The van der Waals surface area contributed by atoms with Crippen LogP contribution in [0.3, 0.4) is 0 Å². The molecule has 6 nitrogen and oxygen atoms in total. The van der Waals surface area contributed by atoms with Crippen LogP contribution in [0.1, 0.15) is 56.6 Å². The van der Waals surface area contributed by atoms with E-state index in [0.717, 1.165) is 43.4 Å². The van der Waals surface area contributed by atoms with Crippen LogP contribution >= 0.6 is 11.6 Å². The molecular weight excluding hydrogens is 398 g/mol. The SMILES string of the molecule is CCC(O)(c1ccccc1)c1cc(Cl)ccc1N1C(N)=NC(N)=NC12CCCCC2. The zero-order valence-corrected chi connectivity index (χ0v) is 17.9. The van der Waals surface area contributed by atoms with Crippen LogP contribution in [0.2, 0.25) is 5.02 Å². The standard InChI is InChI=1S/C23H28ClN5O/c1-2-23(30,16-9-5-3-6-10-16)18-15-17(24)11-12-19(18)29-21(26)27-20(25)28-22(29)13-7-4-8-14-22/h3,5-6,9-12,15,30H,2,4,7-8,13-14H2,1H3,(H4,25,26,27,28). The van der Waals surface area contributed by atoms with E-state index in [0.29, 0.717) is 23.0 Å². The highest BCUT2D eigenvalue weighted by Crippen LogP contribution is 2.45. The molecule has 1 atom stereocenters. The second-order valence-corrected chi connectivity index (χ2v) is 8.50. The Bertz CT molecular complexity index is 984. The lowest BCUT2D eigenvalue weighted by Gasteiger charge is -2.47. The van der Waals surface area contributed by atoms with Gasteiger partial charge >= 0.3 is 0 Å². The smallest absolute Gasteiger partial charge is 0.220 e. The minimum atomic E-state index is -1.25. The van der Waals surface area contributed by atoms with Gasteiger partial charge in [0.2, 0.25) is 11.9 Å². The van der Waals surface area contributed by atoms with E-state index in [1.54, 1.807) is 0 Å². The lowest BCUT2D eigenvalue weighted by Crippen LogP contribution is -2.59. The molecule has 2 aliphatic rings. The number of nitrogens with zero attached hydrogens (tertiary/aromatic N) is 3. The quantitative estimate of drug-likeness (QED) is 0.686. The minimum Gasteiger partial charge on any atom is -0.380 e. The molecule has 0 aromatic heterocycles. The Morgan fingerprint density at radius 3 is 2.47 bits per heavy atom. The molecule has 30 heavy (non-hydrogen) atoms. The number of aliphatic hydroxyl groups is 1. The molecule has 1 saturated carbocycles. The van der Waals surface area contributed by atoms with Gasteiger partial charge in [0, 0.05) is 10.6 Å². The van der Waals surface area contributed by atoms with Gasteiger partial charge in [-0.3, -0.25) is 4.90 Å². The number of guanidine groups is 2. The molecule has 5 N–H and O–H groups in total. The maximum absolute atomic E-state index is 11.9. The van der Waals surface area contributed by atoms with Gasteiger partial charge in [-0.1, -0.05) is 55.3 Å². The number of nitrogens with two attached hydrogens (primary N) is 2. The number of hydrogen-bond acceptors (Lipinski definition) is 6. The summed E-state index contributed by atoms with van der Waals surface area (Å²) in [5.41, 5.74) is 12.9. The van der Waals surface area contributed by atoms with E-state index in [4.69, 9.17) is 28.1 Å². The summed E-state index contributed by atoms with van der Waals surface area (Å²) < 4.78 is 0. The Labute approximate surface area is 182 Å². The van der Waals surface area contributed by atoms with Crippen molar-refractivity contribution in [2.24, 2.45) is 21.5 Å². The van der Waals surface area contributed by atoms with Gasteiger partial charge in [0.05, 0.1) is 5.69 Å². The summed E-state index contributed by atoms with van der Waals surface area (Å²) in [5, 5.41) is 12.4. The predicted molar refractivity (Wildman–Crippen MR) is 123 cm³/mol. The van der Waals surface area contributed by atoms with Crippen LogP contribution in [0.5, 0.6) is 0 Å². The van der Waals surface area contributed by atoms with Gasteiger partial charge < -0.3 is 16.6 Å². The van der Waals surface area contributed by atoms with Crippen LogP contribution < -0.4 is 16.4 Å². The first-order valence-corrected chi connectivity index (χ1v) is 10.8. The Kier molecular flexibility index (Phi) is 5.47. The van der Waals surface area contributed by atoms with Gasteiger partial charge in [0.1, 0.15) is 11.3 Å². The summed E-state index contributed by atoms with van der Waals surface area (Å²) in [7, 11) is 0. The van der Waals surface area contributed by atoms with Gasteiger partial charge in [-0.25, -0.2) is 4.99 Å². The largest absolute Gasteiger partial charge is 0.380 e. The van der Waals surface area contributed by atoms with Crippen LogP contribution in [0.4, 0.5) is 5.69 Å². The molecule has 0 radical (unpaired) electrons. The molecule has 4 rings (SSSR count). The molecule has 158 valence electrons. The van der Waals surface area contributed by atoms with Crippen molar-refractivity contribution in [3.8, 4) is 0 Å². The topological polar surface area (TPSA) is 100 Å². The molecule has 7 heteroatoms. The van der Waals surface area contributed by atoms with Crippen molar-refractivity contribution in [1.82, 2.24) is 0 Å². The van der Waals surface area contributed by atoms with E-state index in [2.05, 4.69) is 4.99 Å². The van der Waals surface area contributed by atoms with Gasteiger partial charge in [0.15, 0.2) is 0 Å². The maximum Gasteiger partial charge on any atom is 0.220 e. The Hall–Kier alpha value is -2.57. The van der Waals surface area contributed by atoms with Crippen molar-refractivity contribution in [1.29, 1.82) is 0 Å². The van der Waals surface area contributed by atoms with E-state index in [-0.39, 0.29) is 5.96 Å². The van der Waals surface area contributed by atoms with Crippen molar-refractivity contribution in [2.45, 2.75) is 56.7 Å². The van der Waals surface area contributed by atoms with Crippen molar-refractivity contribution in [2.75, 3.05) is 4.90 Å². The zero-order chi connectivity index (χ0) is 21.4. The van der Waals surface area contributed by atoms with E-state index in [9.17, 15) is 5.11 Å². The van der Waals surface area contributed by atoms with E-state index in [1.807, 2.05) is 60.4 Å². The molecule has 0 saturated heterocycles. The van der Waals surface area contributed by atoms with Crippen LogP contribution in [0.25, 0.3) is 0 Å². The fraction of sp³-hybridized carbons (Fsp3) is 0.391. The van der Waals surface area contributed by atoms with Crippen molar-refractivity contribution in [3.05, 3.63) is 64.7 Å². The van der Waals surface area contributed by atoms with Crippen LogP contribution in [0.15, 0.2) is 58.5 Å². The molecular formula is C23H28ClN5O. The summed E-state index contributed by atoms with van der Waals surface area (Å²) in [4.78, 5) is 11.0. The van der Waals surface area contributed by atoms with E-state index in [1.165, 1.54) is 0 Å². The summed E-state index contributed by atoms with van der Waals surface area (Å²) >= 11 is 6.40. The summed E-state index contributed by atoms with van der Waals surface area (Å²) in [6.07, 6.45) is 5.32. The molecule has 1 aliphatic heterocycles. The average Bonchev–Trinajstić information content (AvgIpc) is 2.74. The normalized spacial score (nSPS) is 20.4. The average molecular weight is 426 g/mol.